The van der Waals surface area contributed by atoms with Gasteiger partial charge in [-0.2, -0.15) is 5.26 Å². The summed E-state index contributed by atoms with van der Waals surface area (Å²) in [6, 6.07) is 8.41. The number of nitriles is 1. The van der Waals surface area contributed by atoms with Crippen LogP contribution in [0.3, 0.4) is 0 Å². The second-order valence-electron chi connectivity index (χ2n) is 12.4. The smallest absolute Gasteiger partial charge is 0.270 e. The van der Waals surface area contributed by atoms with Gasteiger partial charge in [0, 0.05) is 42.4 Å². The van der Waals surface area contributed by atoms with Gasteiger partial charge in [-0.25, -0.2) is 4.67 Å². The van der Waals surface area contributed by atoms with Crippen LogP contribution in [-0.2, 0) is 9.05 Å². The molecule has 2 aromatic carbocycles. The molecule has 1 heterocycles. The van der Waals surface area contributed by atoms with E-state index >= 15 is 0 Å². The van der Waals surface area contributed by atoms with Gasteiger partial charge in [0.05, 0.1) is 49.1 Å². The Balaban J connectivity index is 1.89. The first-order valence-corrected chi connectivity index (χ1v) is 17.1. The number of unbranched alkanes of at least 4 members (excludes halogenated alkanes) is 1. The summed E-state index contributed by atoms with van der Waals surface area (Å²) >= 11 is 0. The highest BCUT2D eigenvalue weighted by Gasteiger charge is 2.35. The van der Waals surface area contributed by atoms with Gasteiger partial charge >= 0.3 is 0 Å². The van der Waals surface area contributed by atoms with Crippen molar-refractivity contribution in [3.05, 3.63) is 51.6 Å². The number of ether oxygens (including phenoxy) is 2. The molecule has 3 rings (SSSR count). The Kier molecular flexibility index (Phi) is 13.7. The van der Waals surface area contributed by atoms with Crippen LogP contribution in [0.15, 0.2) is 40.6 Å². The van der Waals surface area contributed by atoms with Crippen molar-refractivity contribution in [1.82, 2.24) is 4.67 Å². The van der Waals surface area contributed by atoms with Crippen molar-refractivity contribution in [2.45, 2.75) is 92.3 Å². The minimum absolute atomic E-state index is 0.0393. The van der Waals surface area contributed by atoms with Gasteiger partial charge in [-0.1, -0.05) is 13.0 Å². The summed E-state index contributed by atoms with van der Waals surface area (Å²) in [5.41, 5.74) is 2.97. The summed E-state index contributed by atoms with van der Waals surface area (Å²) in [5.74, 6) is 0.937. The fraction of sp³-hybridized carbons (Fsp3) is 0.559. The van der Waals surface area contributed by atoms with Crippen LogP contribution in [0.5, 0.6) is 11.5 Å². The number of anilines is 1. The number of methoxy groups -OCH3 is 2. The maximum Gasteiger partial charge on any atom is 0.270 e. The molecule has 12 nitrogen and oxygen atoms in total. The zero-order valence-corrected chi connectivity index (χ0v) is 30.3. The second-order valence-corrected chi connectivity index (χ2v) is 13.9. The molecule has 0 aliphatic carbocycles. The summed E-state index contributed by atoms with van der Waals surface area (Å²) in [6.07, 6.45) is 4.91. The van der Waals surface area contributed by atoms with Crippen molar-refractivity contribution < 1.29 is 23.4 Å². The lowest BCUT2D eigenvalue weighted by Crippen LogP contribution is -2.45. The van der Waals surface area contributed by atoms with Gasteiger partial charge in [0.15, 0.2) is 17.2 Å². The fourth-order valence-corrected chi connectivity index (χ4v) is 7.52. The van der Waals surface area contributed by atoms with Crippen LogP contribution in [0.4, 0.5) is 22.7 Å². The first-order chi connectivity index (χ1) is 22.3. The molecule has 1 aliphatic heterocycles. The van der Waals surface area contributed by atoms with E-state index in [0.29, 0.717) is 42.5 Å². The number of non-ortho nitro benzene ring substituents is 1. The van der Waals surface area contributed by atoms with Gasteiger partial charge in [0.2, 0.25) is 0 Å². The summed E-state index contributed by atoms with van der Waals surface area (Å²) in [6.45, 7) is 19.2. The van der Waals surface area contributed by atoms with Gasteiger partial charge in [0.1, 0.15) is 11.8 Å². The van der Waals surface area contributed by atoms with E-state index < -0.39 is 13.4 Å². The molecule has 0 bridgehead atoms. The van der Waals surface area contributed by atoms with Gasteiger partial charge in [-0.3, -0.25) is 10.1 Å². The van der Waals surface area contributed by atoms with Crippen LogP contribution in [-0.4, -0.2) is 61.2 Å². The molecule has 256 valence electrons. The standard InChI is InChI=1S/C34H49N6O6P/c1-11-17-45-47(39(23(2)3)24(4)5)46-18-13-12-16-38-29-20-30(43-9)32(33(44-10)31(29)25(6)21-34(38,7)8)37-36-28-15-14-27(40(41)42)19-26(28)22-35/h14-15,19-21,23-24H,11-13,16-18H2,1-10H3. The molecule has 2 aromatic rings. The molecule has 1 atom stereocenters. The molecule has 1 aliphatic rings. The molecule has 0 amide bonds. The fourth-order valence-electron chi connectivity index (χ4n) is 5.80. The van der Waals surface area contributed by atoms with E-state index in [4.69, 9.17) is 18.5 Å². The third kappa shape index (κ3) is 9.05. The van der Waals surface area contributed by atoms with Gasteiger partial charge in [-0.05, 0) is 79.4 Å². The minimum atomic E-state index is -1.14. The van der Waals surface area contributed by atoms with Crippen molar-refractivity contribution >= 4 is 36.8 Å². The topological polar surface area (TPSA) is 135 Å². The average Bonchev–Trinajstić information content (AvgIpc) is 3.01. The van der Waals surface area contributed by atoms with E-state index in [1.54, 1.807) is 14.2 Å². The third-order valence-electron chi connectivity index (χ3n) is 7.77. The van der Waals surface area contributed by atoms with E-state index in [1.807, 2.05) is 19.1 Å². The second kappa shape index (κ2) is 17.0. The number of hydrogen-bond donors (Lipinski definition) is 0. The normalized spacial score (nSPS) is 14.8. The van der Waals surface area contributed by atoms with E-state index in [2.05, 4.69) is 74.3 Å². The number of hydrogen-bond acceptors (Lipinski definition) is 11. The van der Waals surface area contributed by atoms with Crippen molar-refractivity contribution in [2.75, 3.05) is 38.9 Å². The van der Waals surface area contributed by atoms with E-state index in [1.165, 1.54) is 18.2 Å². The van der Waals surface area contributed by atoms with Crippen LogP contribution in [0.2, 0.25) is 0 Å². The highest BCUT2D eigenvalue weighted by Crippen LogP contribution is 2.52. The summed E-state index contributed by atoms with van der Waals surface area (Å²) in [5, 5.41) is 29.5. The highest BCUT2D eigenvalue weighted by molar-refractivity contribution is 7.44. The average molecular weight is 669 g/mol. The highest BCUT2D eigenvalue weighted by atomic mass is 31.2. The molecular weight excluding hydrogens is 619 g/mol. The Morgan fingerprint density at radius 1 is 1.06 bits per heavy atom. The van der Waals surface area contributed by atoms with Crippen LogP contribution < -0.4 is 14.4 Å². The molecule has 1 unspecified atom stereocenters. The van der Waals surface area contributed by atoms with E-state index in [0.717, 1.165) is 42.6 Å². The van der Waals surface area contributed by atoms with Crippen molar-refractivity contribution in [3.8, 4) is 17.6 Å². The zero-order valence-electron chi connectivity index (χ0n) is 29.4. The number of fused-ring (bicyclic) bond motifs is 1. The SMILES string of the molecule is CCCOP(OCCCCN1c2cc(OC)c(N=Nc3ccc([N+](=O)[O-])cc3C#N)c(OC)c2C(C)=CC1(C)C)N(C(C)C)C(C)C. The van der Waals surface area contributed by atoms with E-state index in [-0.39, 0.29) is 22.5 Å². The summed E-state index contributed by atoms with van der Waals surface area (Å²) in [7, 11) is 1.99. The van der Waals surface area contributed by atoms with Crippen molar-refractivity contribution in [2.24, 2.45) is 10.2 Å². The van der Waals surface area contributed by atoms with Crippen molar-refractivity contribution in [1.29, 1.82) is 5.26 Å². The first-order valence-electron chi connectivity index (χ1n) is 16.0. The molecule has 47 heavy (non-hydrogen) atoms. The maximum absolute atomic E-state index is 11.2. The number of nitro benzene ring substituents is 1. The third-order valence-corrected chi connectivity index (χ3v) is 9.88. The molecule has 0 N–H and O–H groups in total. The lowest BCUT2D eigenvalue weighted by Gasteiger charge is -2.44. The molecule has 13 heteroatoms. The number of allylic oxidation sites excluding steroid dienone is 1. The molecule has 0 saturated heterocycles. The Morgan fingerprint density at radius 2 is 1.74 bits per heavy atom. The molecule has 0 radical (unpaired) electrons. The Labute approximate surface area is 280 Å². The number of rotatable bonds is 17. The Bertz CT molecular complexity index is 1490. The van der Waals surface area contributed by atoms with Crippen LogP contribution in [0.25, 0.3) is 5.57 Å². The largest absolute Gasteiger partial charge is 0.494 e. The molecule has 0 fully saturated rings. The monoisotopic (exact) mass is 668 g/mol. The van der Waals surface area contributed by atoms with Gasteiger partial charge in [-0.15, -0.1) is 10.2 Å². The molecule has 0 saturated carbocycles. The Hall–Kier alpha value is -3.62. The summed E-state index contributed by atoms with van der Waals surface area (Å²) < 4.78 is 26.6. The van der Waals surface area contributed by atoms with Crippen LogP contribution in [0.1, 0.15) is 85.8 Å². The number of benzene rings is 2. The minimum Gasteiger partial charge on any atom is -0.494 e. The lowest BCUT2D eigenvalue weighted by atomic mass is 9.87. The quantitative estimate of drug-likeness (QED) is 0.0531. The molecular formula is C34H49N6O6P. The number of nitro groups is 1. The zero-order chi connectivity index (χ0) is 34.9. The van der Waals surface area contributed by atoms with E-state index in [9.17, 15) is 15.4 Å². The van der Waals surface area contributed by atoms with Gasteiger partial charge in [0.25, 0.3) is 14.2 Å². The number of nitrogens with zero attached hydrogens (tertiary/aromatic N) is 6. The predicted molar refractivity (Wildman–Crippen MR) is 187 cm³/mol. The van der Waals surface area contributed by atoms with Crippen molar-refractivity contribution in [3.63, 3.8) is 0 Å². The molecule has 0 spiro atoms. The summed E-state index contributed by atoms with van der Waals surface area (Å²) in [4.78, 5) is 13.0. The van der Waals surface area contributed by atoms with Crippen LogP contribution >= 0.6 is 8.53 Å². The maximum atomic E-state index is 11.2. The Morgan fingerprint density at radius 3 is 2.32 bits per heavy atom. The first kappa shape index (κ1) is 37.8. The predicted octanol–water partition coefficient (Wildman–Crippen LogP) is 9.47. The molecule has 0 aromatic heterocycles. The van der Waals surface area contributed by atoms with Crippen LogP contribution in [0, 0.1) is 21.4 Å². The number of azo groups is 1. The van der Waals surface area contributed by atoms with Gasteiger partial charge < -0.3 is 23.4 Å². The lowest BCUT2D eigenvalue weighted by molar-refractivity contribution is -0.384.